The highest BCUT2D eigenvalue weighted by Crippen LogP contribution is 2.44. The molecule has 2 heterocycles. The van der Waals surface area contributed by atoms with E-state index in [0.717, 1.165) is 41.6 Å². The number of hydrogen-bond donors (Lipinski definition) is 1. The summed E-state index contributed by atoms with van der Waals surface area (Å²) < 4.78 is 14.3. The van der Waals surface area contributed by atoms with Gasteiger partial charge in [0.2, 0.25) is 0 Å². The molecular weight excluding hydrogens is 317 g/mol. The fraction of sp³-hybridized carbons (Fsp3) is 0.350. The van der Waals surface area contributed by atoms with Crippen molar-refractivity contribution in [1.29, 1.82) is 0 Å². The highest BCUT2D eigenvalue weighted by Gasteiger charge is 2.31. The molecule has 1 aliphatic carbocycles. The van der Waals surface area contributed by atoms with Crippen LogP contribution in [0.2, 0.25) is 0 Å². The van der Waals surface area contributed by atoms with Gasteiger partial charge in [0, 0.05) is 11.8 Å². The first-order valence-electron chi connectivity index (χ1n) is 8.64. The second-order valence-electron chi connectivity index (χ2n) is 6.98. The van der Waals surface area contributed by atoms with E-state index in [0.29, 0.717) is 11.2 Å². The van der Waals surface area contributed by atoms with Crippen molar-refractivity contribution in [1.82, 2.24) is 15.0 Å². The van der Waals surface area contributed by atoms with Crippen molar-refractivity contribution in [3.63, 3.8) is 0 Å². The highest BCUT2D eigenvalue weighted by molar-refractivity contribution is 5.70. The molecule has 25 heavy (non-hydrogen) atoms. The van der Waals surface area contributed by atoms with E-state index in [1.807, 2.05) is 26.0 Å². The van der Waals surface area contributed by atoms with Crippen LogP contribution >= 0.6 is 0 Å². The maximum Gasteiger partial charge on any atom is 0.253 e. The number of pyridine rings is 1. The van der Waals surface area contributed by atoms with Gasteiger partial charge in [-0.25, -0.2) is 9.37 Å². The molecule has 1 N–H and O–H groups in total. The van der Waals surface area contributed by atoms with E-state index in [9.17, 15) is 9.18 Å². The van der Waals surface area contributed by atoms with E-state index in [1.54, 1.807) is 12.3 Å². The lowest BCUT2D eigenvalue weighted by Crippen LogP contribution is -2.16. The summed E-state index contributed by atoms with van der Waals surface area (Å²) >= 11 is 0. The van der Waals surface area contributed by atoms with Crippen LogP contribution in [0.4, 0.5) is 4.39 Å². The van der Waals surface area contributed by atoms with E-state index < -0.39 is 0 Å². The Morgan fingerprint density at radius 1 is 1.20 bits per heavy atom. The van der Waals surface area contributed by atoms with Crippen molar-refractivity contribution in [2.75, 3.05) is 0 Å². The molecule has 2 atom stereocenters. The number of nitrogens with zero attached hydrogens (tertiary/aromatic N) is 2. The Morgan fingerprint density at radius 3 is 2.80 bits per heavy atom. The summed E-state index contributed by atoms with van der Waals surface area (Å²) in [6, 6.07) is 7.07. The number of H-pyrrole nitrogens is 1. The number of rotatable bonds is 2. The third-order valence-corrected chi connectivity index (χ3v) is 5.26. The number of hydrogen-bond acceptors (Lipinski definition) is 3. The van der Waals surface area contributed by atoms with Crippen LogP contribution in [0.3, 0.4) is 0 Å². The van der Waals surface area contributed by atoms with E-state index in [2.05, 4.69) is 15.0 Å². The summed E-state index contributed by atoms with van der Waals surface area (Å²) in [7, 11) is 0. The maximum atomic E-state index is 14.3. The smallest absolute Gasteiger partial charge is 0.253 e. The molecule has 1 aromatic carbocycles. The zero-order chi connectivity index (χ0) is 17.6. The predicted molar refractivity (Wildman–Crippen MR) is 95.4 cm³/mol. The van der Waals surface area contributed by atoms with Crippen molar-refractivity contribution in [2.45, 2.75) is 44.9 Å². The summed E-state index contributed by atoms with van der Waals surface area (Å²) in [5, 5.41) is 0. The van der Waals surface area contributed by atoms with Crippen LogP contribution in [0, 0.1) is 19.7 Å². The Kier molecular flexibility index (Phi) is 3.86. The lowest BCUT2D eigenvalue weighted by atomic mass is 9.90. The van der Waals surface area contributed by atoms with Crippen LogP contribution in [0.15, 0.2) is 35.3 Å². The van der Waals surface area contributed by atoms with Crippen LogP contribution in [0.1, 0.15) is 53.5 Å². The Morgan fingerprint density at radius 2 is 2.00 bits per heavy atom. The number of aromatic amines is 1. The van der Waals surface area contributed by atoms with Gasteiger partial charge in [-0.15, -0.1) is 0 Å². The van der Waals surface area contributed by atoms with Crippen LogP contribution < -0.4 is 5.56 Å². The van der Waals surface area contributed by atoms with Gasteiger partial charge in [0.05, 0.1) is 5.69 Å². The minimum Gasteiger partial charge on any atom is -0.305 e. The molecular formula is C20H20FN3O. The van der Waals surface area contributed by atoms with Gasteiger partial charge in [-0.05, 0) is 68.2 Å². The fourth-order valence-electron chi connectivity index (χ4n) is 4.07. The first-order chi connectivity index (χ1) is 12.0. The molecule has 2 aromatic heterocycles. The molecule has 1 aliphatic rings. The topological polar surface area (TPSA) is 58.6 Å². The minimum absolute atomic E-state index is 0.108. The zero-order valence-corrected chi connectivity index (χ0v) is 14.3. The van der Waals surface area contributed by atoms with E-state index in [4.69, 9.17) is 0 Å². The molecule has 0 saturated heterocycles. The van der Waals surface area contributed by atoms with Gasteiger partial charge in [-0.2, -0.15) is 0 Å². The summed E-state index contributed by atoms with van der Waals surface area (Å²) in [6.45, 7) is 3.80. The Bertz CT molecular complexity index is 991. The molecule has 1 fully saturated rings. The highest BCUT2D eigenvalue weighted by atomic mass is 19.1. The van der Waals surface area contributed by atoms with Gasteiger partial charge in [0.25, 0.3) is 5.56 Å². The van der Waals surface area contributed by atoms with E-state index in [-0.39, 0.29) is 23.2 Å². The number of aromatic nitrogens is 3. The van der Waals surface area contributed by atoms with Crippen molar-refractivity contribution in [2.24, 2.45) is 0 Å². The molecule has 4 rings (SSSR count). The van der Waals surface area contributed by atoms with Gasteiger partial charge >= 0.3 is 0 Å². The predicted octanol–water partition coefficient (Wildman–Crippen LogP) is 4.13. The second-order valence-corrected chi connectivity index (χ2v) is 6.98. The lowest BCUT2D eigenvalue weighted by Gasteiger charge is -2.15. The van der Waals surface area contributed by atoms with Crippen molar-refractivity contribution in [3.8, 4) is 0 Å². The van der Waals surface area contributed by atoms with Crippen LogP contribution in [-0.2, 0) is 0 Å². The normalized spacial score (nSPS) is 20.3. The fourth-order valence-corrected chi connectivity index (χ4v) is 4.07. The Balaban J connectivity index is 1.68. The van der Waals surface area contributed by atoms with Gasteiger partial charge in [0.1, 0.15) is 11.3 Å². The first kappa shape index (κ1) is 15.9. The van der Waals surface area contributed by atoms with Crippen molar-refractivity contribution in [3.05, 3.63) is 69.0 Å². The molecule has 0 spiro atoms. The van der Waals surface area contributed by atoms with E-state index >= 15 is 0 Å². The lowest BCUT2D eigenvalue weighted by molar-refractivity contribution is 0.573. The quantitative estimate of drug-likeness (QED) is 0.765. The average molecular weight is 337 g/mol. The van der Waals surface area contributed by atoms with Gasteiger partial charge in [0.15, 0.2) is 5.65 Å². The molecule has 5 heteroatoms. The standard InChI is InChI=1S/C20H20FN3O/c1-11-4-3-5-16(21)18(11)14-7-6-13(8-14)15-9-17-19(24-20(15)25)23-12(2)10-22-17/h3-5,9-10,13-14H,6-8H2,1-2H3,(H,23,24,25). The van der Waals surface area contributed by atoms with Gasteiger partial charge in [-0.3, -0.25) is 9.78 Å². The number of halogens is 1. The summed E-state index contributed by atoms with van der Waals surface area (Å²) in [5.74, 6) is 0.144. The number of fused-ring (bicyclic) bond motifs is 1. The van der Waals surface area contributed by atoms with E-state index in [1.165, 1.54) is 6.07 Å². The molecule has 128 valence electrons. The van der Waals surface area contributed by atoms with Crippen LogP contribution in [0.5, 0.6) is 0 Å². The summed E-state index contributed by atoms with van der Waals surface area (Å²) in [5.41, 5.74) is 4.41. The Hall–Kier alpha value is -2.56. The maximum absolute atomic E-state index is 14.3. The van der Waals surface area contributed by atoms with Gasteiger partial charge < -0.3 is 4.98 Å². The van der Waals surface area contributed by atoms with Crippen LogP contribution in [0.25, 0.3) is 11.2 Å². The SMILES string of the molecule is Cc1cnc2cc(C3CCC(c4c(C)cccc4F)C3)c(=O)[nH]c2n1. The molecule has 4 nitrogen and oxygen atoms in total. The minimum atomic E-state index is -0.139. The molecule has 1 saturated carbocycles. The molecule has 2 unspecified atom stereocenters. The second kappa shape index (κ2) is 6.06. The number of nitrogens with one attached hydrogen (secondary N) is 1. The number of benzene rings is 1. The largest absolute Gasteiger partial charge is 0.305 e. The van der Waals surface area contributed by atoms with Crippen LogP contribution in [-0.4, -0.2) is 15.0 Å². The molecule has 3 aromatic rings. The zero-order valence-electron chi connectivity index (χ0n) is 14.3. The van der Waals surface area contributed by atoms with Crippen molar-refractivity contribution < 1.29 is 4.39 Å². The molecule has 0 amide bonds. The molecule has 0 aliphatic heterocycles. The average Bonchev–Trinajstić information content (AvgIpc) is 3.03. The van der Waals surface area contributed by atoms with Crippen molar-refractivity contribution >= 4 is 11.2 Å². The third kappa shape index (κ3) is 2.84. The summed E-state index contributed by atoms with van der Waals surface area (Å²) in [6.07, 6.45) is 4.26. The monoisotopic (exact) mass is 337 g/mol. The molecule has 0 bridgehead atoms. The molecule has 0 radical (unpaired) electrons. The summed E-state index contributed by atoms with van der Waals surface area (Å²) in [4.78, 5) is 24.1. The third-order valence-electron chi connectivity index (χ3n) is 5.26. The number of aryl methyl sites for hydroxylation is 2. The van der Waals surface area contributed by atoms with Gasteiger partial charge in [-0.1, -0.05) is 12.1 Å². The Labute approximate surface area is 145 Å². The first-order valence-corrected chi connectivity index (χ1v) is 8.64.